The number of nitrogens with one attached hydrogen (secondary N) is 1. The lowest BCUT2D eigenvalue weighted by molar-refractivity contribution is 0.0517. The lowest BCUT2D eigenvalue weighted by Crippen LogP contribution is -2.31. The second kappa shape index (κ2) is 6.72. The molecule has 1 aliphatic rings. The largest absolute Gasteiger partial charge is 0.390 e. The van der Waals surface area contributed by atoms with Gasteiger partial charge in [-0.05, 0) is 50.1 Å². The van der Waals surface area contributed by atoms with E-state index >= 15 is 0 Å². The van der Waals surface area contributed by atoms with Gasteiger partial charge in [0.05, 0.1) is 11.8 Å². The lowest BCUT2D eigenvalue weighted by Gasteiger charge is -2.22. The molecule has 3 aromatic rings. The SMILES string of the molecule is CC(C)(O)CCN1Cc2cc(NC(=O)c3cnn4cccnc34)ccc2C1=O. The highest BCUT2D eigenvalue weighted by atomic mass is 16.3. The number of aromatic nitrogens is 3. The molecule has 8 heteroatoms. The Bertz CT molecular complexity index is 1070. The van der Waals surface area contributed by atoms with E-state index in [4.69, 9.17) is 0 Å². The maximum Gasteiger partial charge on any atom is 0.261 e. The molecule has 3 heterocycles. The molecule has 8 nitrogen and oxygen atoms in total. The summed E-state index contributed by atoms with van der Waals surface area (Å²) in [7, 11) is 0. The van der Waals surface area contributed by atoms with Gasteiger partial charge in [0, 0.05) is 36.7 Å². The number of carbonyl (C=O) groups excluding carboxylic acids is 2. The highest BCUT2D eigenvalue weighted by Gasteiger charge is 2.28. The highest BCUT2D eigenvalue weighted by Crippen LogP contribution is 2.27. The zero-order valence-corrected chi connectivity index (χ0v) is 15.7. The van der Waals surface area contributed by atoms with Crippen molar-refractivity contribution in [3.8, 4) is 0 Å². The fourth-order valence-corrected chi connectivity index (χ4v) is 3.23. The van der Waals surface area contributed by atoms with Crippen LogP contribution in [0.25, 0.3) is 5.65 Å². The Hall–Kier alpha value is -3.26. The molecule has 1 aromatic carbocycles. The van der Waals surface area contributed by atoms with Crippen LogP contribution in [-0.2, 0) is 6.54 Å². The standard InChI is InChI=1S/C20H21N5O3/c1-20(2,28)6-9-24-12-13-10-14(4-5-15(13)19(24)27)23-18(26)16-11-22-25-8-3-7-21-17(16)25/h3-5,7-8,10-11,28H,6,9,12H2,1-2H3,(H,23,26). The first-order valence-corrected chi connectivity index (χ1v) is 9.06. The molecule has 28 heavy (non-hydrogen) atoms. The smallest absolute Gasteiger partial charge is 0.261 e. The van der Waals surface area contributed by atoms with E-state index < -0.39 is 5.60 Å². The van der Waals surface area contributed by atoms with E-state index in [1.54, 1.807) is 49.3 Å². The minimum atomic E-state index is -0.823. The Balaban J connectivity index is 1.50. The van der Waals surface area contributed by atoms with Crippen LogP contribution in [0.1, 0.15) is 46.5 Å². The van der Waals surface area contributed by atoms with Gasteiger partial charge in [0.1, 0.15) is 5.56 Å². The normalized spacial score (nSPS) is 13.8. The van der Waals surface area contributed by atoms with Crippen LogP contribution in [0, 0.1) is 0 Å². The van der Waals surface area contributed by atoms with Crippen LogP contribution in [0.3, 0.4) is 0 Å². The number of nitrogens with zero attached hydrogens (tertiary/aromatic N) is 4. The number of hydrogen-bond acceptors (Lipinski definition) is 5. The van der Waals surface area contributed by atoms with Gasteiger partial charge in [-0.15, -0.1) is 0 Å². The zero-order valence-electron chi connectivity index (χ0n) is 15.7. The van der Waals surface area contributed by atoms with Crippen molar-refractivity contribution in [2.75, 3.05) is 11.9 Å². The van der Waals surface area contributed by atoms with Gasteiger partial charge in [0.2, 0.25) is 0 Å². The molecule has 0 unspecified atom stereocenters. The van der Waals surface area contributed by atoms with Crippen LogP contribution in [-0.4, -0.2) is 48.6 Å². The molecule has 0 aliphatic carbocycles. The number of fused-ring (bicyclic) bond motifs is 2. The number of hydrogen-bond donors (Lipinski definition) is 2. The Morgan fingerprint density at radius 3 is 2.96 bits per heavy atom. The molecule has 0 fully saturated rings. The van der Waals surface area contributed by atoms with E-state index in [9.17, 15) is 14.7 Å². The minimum absolute atomic E-state index is 0.0519. The summed E-state index contributed by atoms with van der Waals surface area (Å²) in [6.45, 7) is 4.40. The molecule has 144 valence electrons. The Labute approximate surface area is 161 Å². The number of amides is 2. The first-order chi connectivity index (χ1) is 13.3. The number of rotatable bonds is 5. The number of carbonyl (C=O) groups is 2. The van der Waals surface area contributed by atoms with E-state index in [1.165, 1.54) is 10.7 Å². The molecular formula is C20H21N5O3. The molecule has 0 atom stereocenters. The zero-order chi connectivity index (χ0) is 19.9. The molecule has 0 saturated carbocycles. The van der Waals surface area contributed by atoms with Crippen LogP contribution in [0.5, 0.6) is 0 Å². The van der Waals surface area contributed by atoms with Gasteiger partial charge >= 0.3 is 0 Å². The maximum absolute atomic E-state index is 12.6. The summed E-state index contributed by atoms with van der Waals surface area (Å²) in [5.41, 5.74) is 2.13. The molecule has 2 amide bonds. The van der Waals surface area contributed by atoms with Crippen LogP contribution in [0.2, 0.25) is 0 Å². The predicted octanol–water partition coefficient (Wildman–Crippen LogP) is 2.10. The maximum atomic E-state index is 12.6. The molecule has 1 aliphatic heterocycles. The van der Waals surface area contributed by atoms with Gasteiger partial charge in [-0.25, -0.2) is 9.50 Å². The van der Waals surface area contributed by atoms with Crippen LogP contribution >= 0.6 is 0 Å². The summed E-state index contributed by atoms with van der Waals surface area (Å²) in [5, 5.41) is 16.9. The average molecular weight is 379 g/mol. The number of anilines is 1. The van der Waals surface area contributed by atoms with Crippen molar-refractivity contribution in [1.29, 1.82) is 0 Å². The molecule has 0 saturated heterocycles. The average Bonchev–Trinajstić information content (AvgIpc) is 3.21. The van der Waals surface area contributed by atoms with Gasteiger partial charge in [-0.2, -0.15) is 5.10 Å². The molecule has 2 N–H and O–H groups in total. The second-order valence-electron chi connectivity index (χ2n) is 7.56. The van der Waals surface area contributed by atoms with Crippen molar-refractivity contribution in [2.24, 2.45) is 0 Å². The van der Waals surface area contributed by atoms with Gasteiger partial charge in [-0.1, -0.05) is 0 Å². The summed E-state index contributed by atoms with van der Waals surface area (Å²) < 4.78 is 1.54. The third-order valence-corrected chi connectivity index (χ3v) is 4.76. The second-order valence-corrected chi connectivity index (χ2v) is 7.56. The lowest BCUT2D eigenvalue weighted by atomic mass is 10.1. The van der Waals surface area contributed by atoms with Crippen molar-refractivity contribution in [3.05, 3.63) is 59.5 Å². The Morgan fingerprint density at radius 2 is 2.18 bits per heavy atom. The van der Waals surface area contributed by atoms with E-state index in [0.29, 0.717) is 42.0 Å². The topological polar surface area (TPSA) is 99.8 Å². The Morgan fingerprint density at radius 1 is 1.36 bits per heavy atom. The fourth-order valence-electron chi connectivity index (χ4n) is 3.23. The number of benzene rings is 1. The van der Waals surface area contributed by atoms with Crippen molar-refractivity contribution in [3.63, 3.8) is 0 Å². The predicted molar refractivity (Wildman–Crippen MR) is 103 cm³/mol. The number of aliphatic hydroxyl groups is 1. The van der Waals surface area contributed by atoms with Gasteiger partial charge in [-0.3, -0.25) is 9.59 Å². The summed E-state index contributed by atoms with van der Waals surface area (Å²) in [4.78, 5) is 31.0. The van der Waals surface area contributed by atoms with Crippen molar-refractivity contribution in [1.82, 2.24) is 19.5 Å². The molecule has 2 aromatic heterocycles. The van der Waals surface area contributed by atoms with Gasteiger partial charge < -0.3 is 15.3 Å². The van der Waals surface area contributed by atoms with E-state index in [-0.39, 0.29) is 11.8 Å². The quantitative estimate of drug-likeness (QED) is 0.707. The molecular weight excluding hydrogens is 358 g/mol. The third kappa shape index (κ3) is 3.46. The first-order valence-electron chi connectivity index (χ1n) is 9.06. The van der Waals surface area contributed by atoms with E-state index in [2.05, 4.69) is 15.4 Å². The van der Waals surface area contributed by atoms with Crippen molar-refractivity contribution in [2.45, 2.75) is 32.4 Å². The summed E-state index contributed by atoms with van der Waals surface area (Å²) >= 11 is 0. The fraction of sp³-hybridized carbons (Fsp3) is 0.300. The monoisotopic (exact) mass is 379 g/mol. The summed E-state index contributed by atoms with van der Waals surface area (Å²) in [6.07, 6.45) is 5.31. The van der Waals surface area contributed by atoms with Crippen LogP contribution < -0.4 is 5.32 Å². The first kappa shape index (κ1) is 18.1. The molecule has 4 rings (SSSR count). The minimum Gasteiger partial charge on any atom is -0.390 e. The van der Waals surface area contributed by atoms with Crippen molar-refractivity contribution >= 4 is 23.1 Å². The summed E-state index contributed by atoms with van der Waals surface area (Å²) in [6, 6.07) is 7.00. The van der Waals surface area contributed by atoms with Gasteiger partial charge in [0.15, 0.2) is 5.65 Å². The van der Waals surface area contributed by atoms with Crippen molar-refractivity contribution < 1.29 is 14.7 Å². The van der Waals surface area contributed by atoms with Crippen LogP contribution in [0.15, 0.2) is 42.9 Å². The molecule has 0 radical (unpaired) electrons. The Kier molecular flexibility index (Phi) is 4.35. The van der Waals surface area contributed by atoms with E-state index in [1.807, 2.05) is 6.07 Å². The van der Waals surface area contributed by atoms with Gasteiger partial charge in [0.25, 0.3) is 11.8 Å². The third-order valence-electron chi connectivity index (χ3n) is 4.76. The summed E-state index contributed by atoms with van der Waals surface area (Å²) in [5.74, 6) is -0.360. The van der Waals surface area contributed by atoms with Crippen LogP contribution in [0.4, 0.5) is 5.69 Å². The molecule has 0 spiro atoms. The molecule has 0 bridgehead atoms. The highest BCUT2D eigenvalue weighted by molar-refractivity contribution is 6.08. The van der Waals surface area contributed by atoms with E-state index in [0.717, 1.165) is 5.56 Å².